The molecule has 0 aliphatic carbocycles. The highest BCUT2D eigenvalue weighted by atomic mass is 32.2. The van der Waals surface area contributed by atoms with Crippen LogP contribution in [-0.2, 0) is 26.6 Å². The summed E-state index contributed by atoms with van der Waals surface area (Å²) >= 11 is 1.63. The highest BCUT2D eigenvalue weighted by Crippen LogP contribution is 2.19. The number of rotatable bonds is 7. The number of ether oxygens (including phenoxy) is 1. The third-order valence-electron chi connectivity index (χ3n) is 4.01. The molecule has 27 heavy (non-hydrogen) atoms. The first-order valence-electron chi connectivity index (χ1n) is 8.57. The van der Waals surface area contributed by atoms with Gasteiger partial charge < -0.3 is 14.6 Å². The molecular weight excluding hydrogens is 362 g/mol. The Bertz CT molecular complexity index is 940. The summed E-state index contributed by atoms with van der Waals surface area (Å²) in [5.74, 6) is 0.652. The largest absolute Gasteiger partial charge is 0.451 e. The highest BCUT2D eigenvalue weighted by molar-refractivity contribution is 7.97. The number of aromatic nitrogens is 2. The summed E-state index contributed by atoms with van der Waals surface area (Å²) in [7, 11) is 0. The van der Waals surface area contributed by atoms with Crippen LogP contribution in [0.25, 0.3) is 11.0 Å². The number of thioether (sulfide) groups is 1. The van der Waals surface area contributed by atoms with Gasteiger partial charge in [-0.1, -0.05) is 30.3 Å². The van der Waals surface area contributed by atoms with E-state index < -0.39 is 12.1 Å². The van der Waals surface area contributed by atoms with E-state index in [0.29, 0.717) is 11.4 Å². The first-order chi connectivity index (χ1) is 13.1. The van der Waals surface area contributed by atoms with Gasteiger partial charge in [0.15, 0.2) is 6.10 Å². The van der Waals surface area contributed by atoms with E-state index in [1.165, 1.54) is 0 Å². The molecule has 1 N–H and O–H groups in total. The van der Waals surface area contributed by atoms with Crippen LogP contribution in [0.1, 0.15) is 12.7 Å². The number of esters is 1. The molecule has 2 aromatic carbocycles. The van der Waals surface area contributed by atoms with Crippen LogP contribution < -0.4 is 5.32 Å². The van der Waals surface area contributed by atoms with E-state index in [-0.39, 0.29) is 12.5 Å². The molecule has 0 aliphatic heterocycles. The Morgan fingerprint density at radius 2 is 1.85 bits per heavy atom. The average molecular weight is 383 g/mol. The Balaban J connectivity index is 1.67. The van der Waals surface area contributed by atoms with E-state index in [1.54, 1.807) is 30.8 Å². The van der Waals surface area contributed by atoms with Gasteiger partial charge in [-0.3, -0.25) is 9.59 Å². The Kier molecular flexibility index (Phi) is 6.13. The zero-order valence-electron chi connectivity index (χ0n) is 15.2. The molecule has 1 amide bonds. The predicted octanol–water partition coefficient (Wildman–Crippen LogP) is 3.47. The van der Waals surface area contributed by atoms with Crippen LogP contribution in [0.2, 0.25) is 0 Å². The standard InChI is InChI=1S/C20H21N3O3S/c1-14(20(25)21-15-8-4-3-5-9-15)26-19(24)12-23-17-11-7-6-10-16(17)22-18(23)13-27-2/h3-11,14H,12-13H2,1-2H3,(H,21,25)/t14-/m0/s1. The summed E-state index contributed by atoms with van der Waals surface area (Å²) in [6, 6.07) is 16.7. The number of benzene rings is 2. The molecule has 0 spiro atoms. The van der Waals surface area contributed by atoms with E-state index >= 15 is 0 Å². The average Bonchev–Trinajstić information content (AvgIpc) is 3.00. The molecule has 3 rings (SSSR count). The minimum atomic E-state index is -0.892. The molecule has 0 aliphatic rings. The quantitative estimate of drug-likeness (QED) is 0.633. The van der Waals surface area contributed by atoms with E-state index in [9.17, 15) is 9.59 Å². The molecule has 7 heteroatoms. The molecule has 0 unspecified atom stereocenters. The van der Waals surface area contributed by atoms with Crippen molar-refractivity contribution in [2.45, 2.75) is 25.3 Å². The Labute approximate surface area is 161 Å². The molecule has 0 saturated heterocycles. The van der Waals surface area contributed by atoms with Gasteiger partial charge in [-0.05, 0) is 37.4 Å². The van der Waals surface area contributed by atoms with Gasteiger partial charge in [0.25, 0.3) is 5.91 Å². The molecule has 3 aromatic rings. The van der Waals surface area contributed by atoms with E-state index in [0.717, 1.165) is 16.9 Å². The lowest BCUT2D eigenvalue weighted by molar-refractivity contribution is -0.153. The topological polar surface area (TPSA) is 73.2 Å². The van der Waals surface area contributed by atoms with E-state index in [4.69, 9.17) is 4.74 Å². The van der Waals surface area contributed by atoms with E-state index in [1.807, 2.05) is 53.3 Å². The maximum Gasteiger partial charge on any atom is 0.326 e. The van der Waals surface area contributed by atoms with Crippen LogP contribution >= 0.6 is 11.8 Å². The van der Waals surface area contributed by atoms with Crippen LogP contribution in [0.4, 0.5) is 5.69 Å². The van der Waals surface area contributed by atoms with Crippen LogP contribution in [0.15, 0.2) is 54.6 Å². The molecule has 0 saturated carbocycles. The lowest BCUT2D eigenvalue weighted by Crippen LogP contribution is -2.31. The number of carbonyl (C=O) groups excluding carboxylic acids is 2. The number of fused-ring (bicyclic) bond motifs is 1. The fourth-order valence-electron chi connectivity index (χ4n) is 2.72. The van der Waals surface area contributed by atoms with Gasteiger partial charge in [0.1, 0.15) is 12.4 Å². The van der Waals surface area contributed by atoms with Crippen LogP contribution in [0.3, 0.4) is 0 Å². The van der Waals surface area contributed by atoms with Gasteiger partial charge >= 0.3 is 5.97 Å². The van der Waals surface area contributed by atoms with Crippen molar-refractivity contribution in [2.75, 3.05) is 11.6 Å². The number of carbonyl (C=O) groups is 2. The third kappa shape index (κ3) is 4.68. The maximum absolute atomic E-state index is 12.4. The minimum absolute atomic E-state index is 0.0133. The second-order valence-electron chi connectivity index (χ2n) is 6.02. The van der Waals surface area contributed by atoms with Crippen LogP contribution in [0, 0.1) is 0 Å². The highest BCUT2D eigenvalue weighted by Gasteiger charge is 2.20. The Morgan fingerprint density at radius 3 is 2.59 bits per heavy atom. The van der Waals surface area contributed by atoms with Crippen molar-refractivity contribution in [3.05, 3.63) is 60.4 Å². The van der Waals surface area contributed by atoms with Crippen molar-refractivity contribution >= 4 is 40.4 Å². The van der Waals surface area contributed by atoms with Crippen molar-refractivity contribution < 1.29 is 14.3 Å². The fourth-order valence-corrected chi connectivity index (χ4v) is 3.20. The summed E-state index contributed by atoms with van der Waals surface area (Å²) in [5, 5.41) is 2.73. The van der Waals surface area contributed by atoms with Crippen molar-refractivity contribution in [3.63, 3.8) is 0 Å². The SMILES string of the molecule is CSCc1nc2ccccc2n1CC(=O)O[C@@H](C)C(=O)Nc1ccccc1. The second kappa shape index (κ2) is 8.73. The lowest BCUT2D eigenvalue weighted by atomic mass is 10.3. The fraction of sp³-hybridized carbons (Fsp3) is 0.250. The van der Waals surface area contributed by atoms with Crippen molar-refractivity contribution in [1.29, 1.82) is 0 Å². The first-order valence-corrected chi connectivity index (χ1v) is 9.96. The number of nitrogens with one attached hydrogen (secondary N) is 1. The van der Waals surface area contributed by atoms with Crippen LogP contribution in [-0.4, -0.2) is 33.8 Å². The number of amides is 1. The summed E-state index contributed by atoms with van der Waals surface area (Å²) in [6.07, 6.45) is 1.09. The molecule has 0 radical (unpaired) electrons. The Hall–Kier alpha value is -2.80. The molecule has 6 nitrogen and oxygen atoms in total. The number of hydrogen-bond donors (Lipinski definition) is 1. The van der Waals surface area contributed by atoms with Gasteiger partial charge in [-0.25, -0.2) is 4.98 Å². The van der Waals surface area contributed by atoms with Crippen molar-refractivity contribution in [2.24, 2.45) is 0 Å². The van der Waals surface area contributed by atoms with Crippen molar-refractivity contribution in [1.82, 2.24) is 9.55 Å². The van der Waals surface area contributed by atoms with Gasteiger partial charge in [0.2, 0.25) is 0 Å². The monoisotopic (exact) mass is 383 g/mol. The molecule has 0 bridgehead atoms. The van der Waals surface area contributed by atoms with E-state index in [2.05, 4.69) is 10.3 Å². The molecule has 1 heterocycles. The minimum Gasteiger partial charge on any atom is -0.451 e. The Morgan fingerprint density at radius 1 is 1.15 bits per heavy atom. The zero-order valence-corrected chi connectivity index (χ0v) is 16.0. The van der Waals surface area contributed by atoms with Gasteiger partial charge in [0.05, 0.1) is 16.8 Å². The van der Waals surface area contributed by atoms with Crippen LogP contribution in [0.5, 0.6) is 0 Å². The number of anilines is 1. The number of nitrogens with zero attached hydrogens (tertiary/aromatic N) is 2. The normalized spacial score (nSPS) is 11.9. The molecule has 1 aromatic heterocycles. The summed E-state index contributed by atoms with van der Waals surface area (Å²) in [5.41, 5.74) is 2.37. The number of para-hydroxylation sites is 3. The summed E-state index contributed by atoms with van der Waals surface area (Å²) in [6.45, 7) is 1.57. The predicted molar refractivity (Wildman–Crippen MR) is 108 cm³/mol. The van der Waals surface area contributed by atoms with Crippen molar-refractivity contribution in [3.8, 4) is 0 Å². The summed E-state index contributed by atoms with van der Waals surface area (Å²) in [4.78, 5) is 29.2. The number of imidazole rings is 1. The second-order valence-corrected chi connectivity index (χ2v) is 6.89. The molecule has 140 valence electrons. The van der Waals surface area contributed by atoms with Gasteiger partial charge in [-0.15, -0.1) is 0 Å². The zero-order chi connectivity index (χ0) is 19.2. The molecule has 1 atom stereocenters. The molecular formula is C20H21N3O3S. The van der Waals surface area contributed by atoms with Gasteiger partial charge in [-0.2, -0.15) is 11.8 Å². The smallest absolute Gasteiger partial charge is 0.326 e. The third-order valence-corrected chi connectivity index (χ3v) is 4.56. The lowest BCUT2D eigenvalue weighted by Gasteiger charge is -2.14. The maximum atomic E-state index is 12.4. The molecule has 0 fully saturated rings. The summed E-state index contributed by atoms with van der Waals surface area (Å²) < 4.78 is 7.18. The first kappa shape index (κ1) is 19.0. The number of hydrogen-bond acceptors (Lipinski definition) is 5. The van der Waals surface area contributed by atoms with Gasteiger partial charge in [0, 0.05) is 5.69 Å².